The summed E-state index contributed by atoms with van der Waals surface area (Å²) < 4.78 is 2.48. The van der Waals surface area contributed by atoms with Gasteiger partial charge in [0.15, 0.2) is 0 Å². The number of carboxylic acid groups (broad SMARTS) is 1. The van der Waals surface area contributed by atoms with Gasteiger partial charge in [0.2, 0.25) is 0 Å². The number of aryl methyl sites for hydroxylation is 1. The van der Waals surface area contributed by atoms with Crippen molar-refractivity contribution >= 4 is 58.0 Å². The monoisotopic (exact) mass is 411 g/mol. The van der Waals surface area contributed by atoms with Crippen LogP contribution < -0.4 is 5.11 Å². The van der Waals surface area contributed by atoms with Gasteiger partial charge in [0.05, 0.1) is 16.9 Å². The minimum absolute atomic E-state index is 0.272. The fraction of sp³-hybridized carbons (Fsp3) is 0.500. The number of carbonyl (C=O) groups excluding carboxylic acids is 2. The molecule has 2 heterocycles. The van der Waals surface area contributed by atoms with E-state index in [1.54, 1.807) is 6.08 Å². The van der Waals surface area contributed by atoms with Crippen molar-refractivity contribution in [3.63, 3.8) is 0 Å². The molecule has 0 aromatic carbocycles. The number of carboxylic acids is 1. The van der Waals surface area contributed by atoms with E-state index in [2.05, 4.69) is 18.4 Å². The lowest BCUT2D eigenvalue weighted by molar-refractivity contribution is -0.310. The number of aliphatic carboxylic acids is 1. The molecule has 1 aromatic heterocycles. The van der Waals surface area contributed by atoms with Crippen molar-refractivity contribution in [1.29, 1.82) is 0 Å². The van der Waals surface area contributed by atoms with E-state index in [4.69, 9.17) is 12.2 Å². The van der Waals surface area contributed by atoms with Gasteiger partial charge in [0.25, 0.3) is 5.91 Å². The standard InChI is InChI=1S/C18H24N2O3S3/c1-10(2)19-11(3)8-13(12(19)4)9-15-16(21)20(18(24)26-15)14(17(22)23)6-7-25-5/h8-10,14H,6-7H2,1-5H3,(H,22,23)/p-1/b15-9+/t14-/m0/s1. The van der Waals surface area contributed by atoms with E-state index in [1.807, 2.05) is 26.2 Å². The molecule has 1 atom stereocenters. The summed E-state index contributed by atoms with van der Waals surface area (Å²) in [6.45, 7) is 8.27. The van der Waals surface area contributed by atoms with Crippen LogP contribution in [-0.4, -0.2) is 43.7 Å². The first kappa shape index (κ1) is 21.1. The van der Waals surface area contributed by atoms with E-state index >= 15 is 0 Å². The molecule has 0 saturated carbocycles. The first-order valence-corrected chi connectivity index (χ1v) is 11.0. The lowest BCUT2D eigenvalue weighted by Crippen LogP contribution is -2.50. The summed E-state index contributed by atoms with van der Waals surface area (Å²) in [5.74, 6) is -1.01. The Hall–Kier alpha value is -1.25. The molecular weight excluding hydrogens is 388 g/mol. The largest absolute Gasteiger partial charge is 0.548 e. The molecule has 0 aliphatic carbocycles. The summed E-state index contributed by atoms with van der Waals surface area (Å²) in [7, 11) is 0. The Morgan fingerprint density at radius 3 is 2.58 bits per heavy atom. The maximum absolute atomic E-state index is 12.8. The molecule has 1 amide bonds. The Morgan fingerprint density at radius 2 is 2.08 bits per heavy atom. The Kier molecular flexibility index (Phi) is 6.99. The third-order valence-electron chi connectivity index (χ3n) is 4.33. The zero-order chi connectivity index (χ0) is 19.6. The third-order valence-corrected chi connectivity index (χ3v) is 6.30. The summed E-state index contributed by atoms with van der Waals surface area (Å²) in [5.41, 5.74) is 3.14. The average molecular weight is 412 g/mol. The molecular formula is C18H23N2O3S3-. The molecule has 0 bridgehead atoms. The zero-order valence-corrected chi connectivity index (χ0v) is 18.0. The number of thioether (sulfide) groups is 2. The number of amides is 1. The van der Waals surface area contributed by atoms with Gasteiger partial charge < -0.3 is 14.5 Å². The van der Waals surface area contributed by atoms with Crippen LogP contribution >= 0.6 is 35.7 Å². The van der Waals surface area contributed by atoms with Crippen molar-refractivity contribution in [3.05, 3.63) is 27.9 Å². The maximum Gasteiger partial charge on any atom is 0.266 e. The number of rotatable bonds is 7. The molecule has 1 aliphatic heterocycles. The highest BCUT2D eigenvalue weighted by Crippen LogP contribution is 2.35. The van der Waals surface area contributed by atoms with Gasteiger partial charge in [-0.2, -0.15) is 11.8 Å². The molecule has 1 saturated heterocycles. The topological polar surface area (TPSA) is 65.4 Å². The highest BCUT2D eigenvalue weighted by atomic mass is 32.2. The second kappa shape index (κ2) is 8.63. The van der Waals surface area contributed by atoms with Crippen molar-refractivity contribution in [2.45, 2.75) is 46.2 Å². The van der Waals surface area contributed by atoms with Crippen LogP contribution in [0.5, 0.6) is 0 Å². The van der Waals surface area contributed by atoms with Crippen LogP contribution in [0, 0.1) is 13.8 Å². The molecule has 1 aromatic rings. The van der Waals surface area contributed by atoms with E-state index in [-0.39, 0.29) is 10.2 Å². The van der Waals surface area contributed by atoms with Crippen LogP contribution in [0.1, 0.15) is 43.3 Å². The molecule has 5 nitrogen and oxygen atoms in total. The molecule has 8 heteroatoms. The van der Waals surface area contributed by atoms with E-state index in [9.17, 15) is 14.7 Å². The lowest BCUT2D eigenvalue weighted by Gasteiger charge is -2.27. The molecule has 0 spiro atoms. The summed E-state index contributed by atoms with van der Waals surface area (Å²) in [4.78, 5) is 26.0. The number of carbonyl (C=O) groups is 2. The fourth-order valence-corrected chi connectivity index (χ4v) is 5.02. The zero-order valence-electron chi connectivity index (χ0n) is 15.6. The van der Waals surface area contributed by atoms with Crippen molar-refractivity contribution in [3.8, 4) is 0 Å². The summed E-state index contributed by atoms with van der Waals surface area (Å²) in [5, 5.41) is 11.5. The normalized spacial score (nSPS) is 17.6. The molecule has 26 heavy (non-hydrogen) atoms. The Bertz CT molecular complexity index is 768. The third kappa shape index (κ3) is 4.18. The smallest absolute Gasteiger partial charge is 0.266 e. The summed E-state index contributed by atoms with van der Waals surface area (Å²) in [6.07, 6.45) is 4.01. The van der Waals surface area contributed by atoms with Gasteiger partial charge >= 0.3 is 0 Å². The number of hydrogen-bond donors (Lipinski definition) is 0. The molecule has 2 rings (SSSR count). The van der Waals surface area contributed by atoms with E-state index in [1.165, 1.54) is 16.7 Å². The number of nitrogens with zero attached hydrogens (tertiary/aromatic N) is 2. The SMILES string of the molecule is CSCC[C@@H](C(=O)[O-])N1C(=O)/C(=C\c2cc(C)n(C(C)C)c2C)SC1=S. The van der Waals surface area contributed by atoms with Gasteiger partial charge in [-0.25, -0.2) is 0 Å². The molecule has 1 aliphatic rings. The van der Waals surface area contributed by atoms with Crippen molar-refractivity contribution in [2.24, 2.45) is 0 Å². The van der Waals surface area contributed by atoms with Crippen molar-refractivity contribution < 1.29 is 14.7 Å². The van der Waals surface area contributed by atoms with Gasteiger partial charge in [-0.3, -0.25) is 9.69 Å². The van der Waals surface area contributed by atoms with Gasteiger partial charge in [0, 0.05) is 17.4 Å². The van der Waals surface area contributed by atoms with E-state index in [0.29, 0.717) is 23.1 Å². The minimum atomic E-state index is -1.27. The summed E-state index contributed by atoms with van der Waals surface area (Å²) >= 11 is 7.96. The number of aromatic nitrogens is 1. The molecule has 142 valence electrons. The van der Waals surface area contributed by atoms with Crippen LogP contribution in [0.2, 0.25) is 0 Å². The molecule has 1 fully saturated rings. The first-order valence-electron chi connectivity index (χ1n) is 8.34. The van der Waals surface area contributed by atoms with Crippen LogP contribution in [-0.2, 0) is 9.59 Å². The highest BCUT2D eigenvalue weighted by Gasteiger charge is 2.37. The molecule has 0 N–H and O–H groups in total. The lowest BCUT2D eigenvalue weighted by atomic mass is 10.2. The van der Waals surface area contributed by atoms with Crippen molar-refractivity contribution in [2.75, 3.05) is 12.0 Å². The van der Waals surface area contributed by atoms with Crippen LogP contribution in [0.3, 0.4) is 0 Å². The first-order chi connectivity index (χ1) is 12.2. The Labute approximate surface area is 168 Å². The maximum atomic E-state index is 12.8. The number of hydrogen-bond acceptors (Lipinski definition) is 6. The fourth-order valence-electron chi connectivity index (χ4n) is 3.21. The predicted octanol–water partition coefficient (Wildman–Crippen LogP) is 2.76. The van der Waals surface area contributed by atoms with Gasteiger partial charge in [-0.05, 0) is 63.8 Å². The van der Waals surface area contributed by atoms with Gasteiger partial charge in [0.1, 0.15) is 4.32 Å². The highest BCUT2D eigenvalue weighted by molar-refractivity contribution is 8.26. The Morgan fingerprint density at radius 1 is 1.42 bits per heavy atom. The van der Waals surface area contributed by atoms with Gasteiger partial charge in [-0.15, -0.1) is 0 Å². The average Bonchev–Trinajstić information content (AvgIpc) is 2.97. The molecule has 0 radical (unpaired) electrons. The second-order valence-electron chi connectivity index (χ2n) is 6.46. The summed E-state index contributed by atoms with van der Waals surface area (Å²) in [6, 6.07) is 1.33. The van der Waals surface area contributed by atoms with E-state index in [0.717, 1.165) is 28.7 Å². The van der Waals surface area contributed by atoms with Gasteiger partial charge in [-0.1, -0.05) is 24.0 Å². The predicted molar refractivity (Wildman–Crippen MR) is 111 cm³/mol. The number of thiocarbonyl (C=S) groups is 1. The van der Waals surface area contributed by atoms with E-state index < -0.39 is 12.0 Å². The minimum Gasteiger partial charge on any atom is -0.548 e. The van der Waals surface area contributed by atoms with Crippen LogP contribution in [0.15, 0.2) is 11.0 Å². The van der Waals surface area contributed by atoms with Crippen LogP contribution in [0.4, 0.5) is 0 Å². The van der Waals surface area contributed by atoms with Crippen LogP contribution in [0.25, 0.3) is 6.08 Å². The molecule has 0 unspecified atom stereocenters. The second-order valence-corrected chi connectivity index (χ2v) is 9.12. The Balaban J connectivity index is 2.35. The van der Waals surface area contributed by atoms with Crippen molar-refractivity contribution in [1.82, 2.24) is 9.47 Å². The quantitative estimate of drug-likeness (QED) is 0.508.